The molecule has 0 saturated carbocycles. The highest BCUT2D eigenvalue weighted by Gasteiger charge is 2.19. The molecule has 1 saturated heterocycles. The Kier molecular flexibility index (Phi) is 8.12. The number of aromatic nitrogens is 2. The zero-order valence-corrected chi connectivity index (χ0v) is 17.6. The van der Waals surface area contributed by atoms with Crippen molar-refractivity contribution in [2.75, 3.05) is 25.5 Å². The van der Waals surface area contributed by atoms with Gasteiger partial charge in [0.05, 0.1) is 36.5 Å². The second-order valence-electron chi connectivity index (χ2n) is 7.46. The standard InChI is InChI=1S/C22H31N5O3/c1-15(8-9-24-2)30-17-6-7-19(27-21-5-3-4-10-29-21)18(11-17)22(23)20-13-25-12-16(14-28)26-20/h6-7,11-13,15,21,23-24,27-28H,3-5,8-10,14H2,1-2H3. The van der Waals surface area contributed by atoms with E-state index in [4.69, 9.17) is 14.9 Å². The third-order valence-electron chi connectivity index (χ3n) is 5.00. The topological polar surface area (TPSA) is 112 Å². The first kappa shape index (κ1) is 22.1. The van der Waals surface area contributed by atoms with Gasteiger partial charge in [-0.1, -0.05) is 0 Å². The van der Waals surface area contributed by atoms with Gasteiger partial charge in [0.15, 0.2) is 0 Å². The third kappa shape index (κ3) is 5.98. The quantitative estimate of drug-likeness (QED) is 0.443. The first-order chi connectivity index (χ1) is 14.6. The lowest BCUT2D eigenvalue weighted by atomic mass is 10.0. The molecule has 0 spiro atoms. The SMILES string of the molecule is CNCCC(C)Oc1ccc(NC2CCCCO2)c(C(=N)c2cncc(CO)n2)c1. The van der Waals surface area contributed by atoms with Crippen molar-refractivity contribution in [3.8, 4) is 5.75 Å². The molecular weight excluding hydrogens is 382 g/mol. The average Bonchev–Trinajstić information content (AvgIpc) is 2.79. The summed E-state index contributed by atoms with van der Waals surface area (Å²) < 4.78 is 11.9. The Morgan fingerprint density at radius 2 is 2.23 bits per heavy atom. The van der Waals surface area contributed by atoms with Crippen molar-refractivity contribution in [1.82, 2.24) is 15.3 Å². The minimum atomic E-state index is -0.221. The zero-order valence-electron chi connectivity index (χ0n) is 17.6. The molecule has 0 amide bonds. The molecule has 2 atom stereocenters. The molecule has 162 valence electrons. The van der Waals surface area contributed by atoms with Crippen LogP contribution in [-0.2, 0) is 11.3 Å². The van der Waals surface area contributed by atoms with Gasteiger partial charge in [0.2, 0.25) is 0 Å². The van der Waals surface area contributed by atoms with E-state index in [9.17, 15) is 5.11 Å². The molecule has 1 aliphatic rings. The van der Waals surface area contributed by atoms with E-state index in [-0.39, 0.29) is 24.7 Å². The van der Waals surface area contributed by atoms with Gasteiger partial charge in [0.25, 0.3) is 0 Å². The largest absolute Gasteiger partial charge is 0.491 e. The van der Waals surface area contributed by atoms with E-state index in [1.54, 1.807) is 0 Å². The van der Waals surface area contributed by atoms with Crippen LogP contribution < -0.4 is 15.4 Å². The van der Waals surface area contributed by atoms with Crippen molar-refractivity contribution in [3.63, 3.8) is 0 Å². The van der Waals surface area contributed by atoms with Crippen LogP contribution in [0, 0.1) is 5.41 Å². The first-order valence-electron chi connectivity index (χ1n) is 10.4. The van der Waals surface area contributed by atoms with Gasteiger partial charge in [-0.05, 0) is 64.4 Å². The van der Waals surface area contributed by atoms with Gasteiger partial charge in [-0.2, -0.15) is 0 Å². The summed E-state index contributed by atoms with van der Waals surface area (Å²) in [6.45, 7) is 3.41. The number of aliphatic hydroxyl groups excluding tert-OH is 1. The maximum atomic E-state index is 9.37. The Labute approximate surface area is 177 Å². The number of nitrogens with one attached hydrogen (secondary N) is 3. The zero-order chi connectivity index (χ0) is 21.3. The van der Waals surface area contributed by atoms with E-state index in [0.29, 0.717) is 22.7 Å². The van der Waals surface area contributed by atoms with Crippen LogP contribution in [0.1, 0.15) is 49.6 Å². The van der Waals surface area contributed by atoms with Gasteiger partial charge in [-0.25, -0.2) is 4.98 Å². The summed E-state index contributed by atoms with van der Waals surface area (Å²) in [4.78, 5) is 8.45. The van der Waals surface area contributed by atoms with Crippen molar-refractivity contribution in [3.05, 3.63) is 47.5 Å². The number of ether oxygens (including phenoxy) is 2. The monoisotopic (exact) mass is 413 g/mol. The third-order valence-corrected chi connectivity index (χ3v) is 5.00. The maximum absolute atomic E-state index is 9.37. The Hall–Kier alpha value is -2.55. The predicted octanol–water partition coefficient (Wildman–Crippen LogP) is 2.70. The van der Waals surface area contributed by atoms with E-state index in [1.165, 1.54) is 12.4 Å². The lowest BCUT2D eigenvalue weighted by Crippen LogP contribution is -2.28. The van der Waals surface area contributed by atoms with Crippen LogP contribution >= 0.6 is 0 Å². The van der Waals surface area contributed by atoms with Crippen LogP contribution in [0.25, 0.3) is 0 Å². The molecule has 0 radical (unpaired) electrons. The molecule has 0 aliphatic carbocycles. The normalized spacial score (nSPS) is 17.4. The van der Waals surface area contributed by atoms with E-state index in [1.807, 2.05) is 32.2 Å². The van der Waals surface area contributed by atoms with E-state index in [0.717, 1.165) is 44.5 Å². The summed E-state index contributed by atoms with van der Waals surface area (Å²) in [5, 5.41) is 24.7. The summed E-state index contributed by atoms with van der Waals surface area (Å²) in [6.07, 6.45) is 6.97. The highest BCUT2D eigenvalue weighted by atomic mass is 16.5. The fraction of sp³-hybridized carbons (Fsp3) is 0.500. The number of aliphatic hydroxyl groups is 1. The highest BCUT2D eigenvalue weighted by molar-refractivity contribution is 6.13. The van der Waals surface area contributed by atoms with Crippen LogP contribution in [0.5, 0.6) is 5.75 Å². The van der Waals surface area contributed by atoms with Crippen LogP contribution in [0.4, 0.5) is 5.69 Å². The summed E-state index contributed by atoms with van der Waals surface area (Å²) in [7, 11) is 1.92. The molecule has 2 heterocycles. The fourth-order valence-electron chi connectivity index (χ4n) is 3.34. The average molecular weight is 414 g/mol. The molecule has 1 aromatic heterocycles. The van der Waals surface area contributed by atoms with Gasteiger partial charge in [-0.15, -0.1) is 0 Å². The molecule has 3 rings (SSSR count). The van der Waals surface area contributed by atoms with Crippen molar-refractivity contribution in [2.45, 2.75) is 51.5 Å². The van der Waals surface area contributed by atoms with E-state index >= 15 is 0 Å². The Morgan fingerprint density at radius 1 is 1.37 bits per heavy atom. The summed E-state index contributed by atoms with van der Waals surface area (Å²) in [6, 6.07) is 5.69. The summed E-state index contributed by atoms with van der Waals surface area (Å²) >= 11 is 0. The molecule has 4 N–H and O–H groups in total. The van der Waals surface area contributed by atoms with Crippen molar-refractivity contribution in [1.29, 1.82) is 5.41 Å². The molecule has 0 bridgehead atoms. The smallest absolute Gasteiger partial charge is 0.127 e. The second kappa shape index (κ2) is 11.0. The lowest BCUT2D eigenvalue weighted by molar-refractivity contribution is 0.0343. The molecule has 1 aromatic carbocycles. The number of hydrogen-bond donors (Lipinski definition) is 4. The summed E-state index contributed by atoms with van der Waals surface area (Å²) in [5.74, 6) is 0.694. The fourth-order valence-corrected chi connectivity index (χ4v) is 3.34. The molecule has 2 unspecified atom stereocenters. The number of benzene rings is 1. The molecule has 1 aliphatic heterocycles. The Balaban J connectivity index is 1.88. The first-order valence-corrected chi connectivity index (χ1v) is 10.4. The van der Waals surface area contributed by atoms with Gasteiger partial charge in [0, 0.05) is 17.9 Å². The minimum Gasteiger partial charge on any atom is -0.491 e. The lowest BCUT2D eigenvalue weighted by Gasteiger charge is -2.26. The molecule has 1 fully saturated rings. The second-order valence-corrected chi connectivity index (χ2v) is 7.46. The highest BCUT2D eigenvalue weighted by Crippen LogP contribution is 2.27. The van der Waals surface area contributed by atoms with Gasteiger partial charge in [0.1, 0.15) is 17.7 Å². The predicted molar refractivity (Wildman–Crippen MR) is 116 cm³/mol. The van der Waals surface area contributed by atoms with Crippen molar-refractivity contribution >= 4 is 11.4 Å². The van der Waals surface area contributed by atoms with Crippen LogP contribution in [0.15, 0.2) is 30.6 Å². The molecular formula is C22H31N5O3. The number of hydrogen-bond acceptors (Lipinski definition) is 8. The van der Waals surface area contributed by atoms with Gasteiger partial charge >= 0.3 is 0 Å². The molecule has 8 nitrogen and oxygen atoms in total. The molecule has 30 heavy (non-hydrogen) atoms. The maximum Gasteiger partial charge on any atom is 0.127 e. The van der Waals surface area contributed by atoms with Crippen molar-refractivity contribution in [2.24, 2.45) is 0 Å². The molecule has 2 aromatic rings. The van der Waals surface area contributed by atoms with Crippen LogP contribution in [0.3, 0.4) is 0 Å². The van der Waals surface area contributed by atoms with Crippen LogP contribution in [-0.4, -0.2) is 53.3 Å². The van der Waals surface area contributed by atoms with E-state index < -0.39 is 0 Å². The Morgan fingerprint density at radius 3 is 2.97 bits per heavy atom. The Bertz CT molecular complexity index is 839. The number of anilines is 1. The minimum absolute atomic E-state index is 0.0393. The number of rotatable bonds is 10. The van der Waals surface area contributed by atoms with Crippen molar-refractivity contribution < 1.29 is 14.6 Å². The number of nitrogens with zero attached hydrogens (tertiary/aromatic N) is 2. The van der Waals surface area contributed by atoms with Gasteiger partial charge in [-0.3, -0.25) is 10.4 Å². The van der Waals surface area contributed by atoms with Crippen LogP contribution in [0.2, 0.25) is 0 Å². The summed E-state index contributed by atoms with van der Waals surface area (Å²) in [5.41, 5.74) is 2.49. The molecule has 8 heteroatoms. The van der Waals surface area contributed by atoms with E-state index in [2.05, 4.69) is 20.6 Å². The van der Waals surface area contributed by atoms with Gasteiger partial charge < -0.3 is 25.2 Å².